The van der Waals surface area contributed by atoms with E-state index in [4.69, 9.17) is 16.3 Å². The van der Waals surface area contributed by atoms with Crippen molar-refractivity contribution in [3.05, 3.63) is 24.0 Å². The van der Waals surface area contributed by atoms with Gasteiger partial charge in [-0.3, -0.25) is 0 Å². The minimum atomic E-state index is 0.200. The van der Waals surface area contributed by atoms with E-state index in [1.54, 1.807) is 7.11 Å². The summed E-state index contributed by atoms with van der Waals surface area (Å²) in [6, 6.07) is 5.97. The Balaban J connectivity index is 2.28. The van der Waals surface area contributed by atoms with Crippen LogP contribution < -0.4 is 4.74 Å². The SMILES string of the molecule is COc1ccc2nc(CCl)n(C3(C)CC3)c2c1. The van der Waals surface area contributed by atoms with E-state index in [2.05, 4.69) is 16.5 Å². The molecule has 1 aromatic carbocycles. The summed E-state index contributed by atoms with van der Waals surface area (Å²) in [7, 11) is 1.68. The van der Waals surface area contributed by atoms with Gasteiger partial charge < -0.3 is 9.30 Å². The van der Waals surface area contributed by atoms with Crippen molar-refractivity contribution in [1.82, 2.24) is 9.55 Å². The highest BCUT2D eigenvalue weighted by Gasteiger charge is 2.41. The van der Waals surface area contributed by atoms with E-state index in [1.807, 2.05) is 18.2 Å². The number of hydrogen-bond donors (Lipinski definition) is 0. The second-order valence-electron chi connectivity index (χ2n) is 4.85. The van der Waals surface area contributed by atoms with Crippen molar-refractivity contribution >= 4 is 22.6 Å². The quantitative estimate of drug-likeness (QED) is 0.782. The molecule has 0 aliphatic heterocycles. The zero-order valence-electron chi connectivity index (χ0n) is 10.0. The molecule has 0 N–H and O–H groups in total. The molecule has 0 saturated heterocycles. The van der Waals surface area contributed by atoms with Gasteiger partial charge in [0.2, 0.25) is 0 Å². The molecule has 0 amide bonds. The minimum Gasteiger partial charge on any atom is -0.497 e. The van der Waals surface area contributed by atoms with Gasteiger partial charge in [-0.1, -0.05) is 0 Å². The lowest BCUT2D eigenvalue weighted by atomic mass is 10.2. The standard InChI is InChI=1S/C13H15ClN2O/c1-13(5-6-13)16-11-7-9(17-2)3-4-10(11)15-12(16)8-14/h3-4,7H,5-6,8H2,1-2H3. The Morgan fingerprint density at radius 3 is 2.82 bits per heavy atom. The van der Waals surface area contributed by atoms with Crippen LogP contribution in [0.25, 0.3) is 11.0 Å². The lowest BCUT2D eigenvalue weighted by Crippen LogP contribution is -2.14. The summed E-state index contributed by atoms with van der Waals surface area (Å²) in [6.45, 7) is 2.25. The van der Waals surface area contributed by atoms with E-state index >= 15 is 0 Å². The van der Waals surface area contributed by atoms with Crippen LogP contribution in [0, 0.1) is 0 Å². The van der Waals surface area contributed by atoms with Crippen LogP contribution in [0.4, 0.5) is 0 Å². The number of benzene rings is 1. The lowest BCUT2D eigenvalue weighted by molar-refractivity contribution is 0.415. The van der Waals surface area contributed by atoms with Gasteiger partial charge >= 0.3 is 0 Å². The third-order valence-electron chi connectivity index (χ3n) is 3.56. The monoisotopic (exact) mass is 250 g/mol. The maximum atomic E-state index is 6.00. The fourth-order valence-corrected chi connectivity index (χ4v) is 2.51. The zero-order chi connectivity index (χ0) is 12.0. The Kier molecular flexibility index (Phi) is 2.33. The normalized spacial score (nSPS) is 17.4. The van der Waals surface area contributed by atoms with E-state index in [0.29, 0.717) is 5.88 Å². The van der Waals surface area contributed by atoms with Gasteiger partial charge in [0.05, 0.1) is 24.0 Å². The van der Waals surface area contributed by atoms with Gasteiger partial charge in [0, 0.05) is 11.6 Å². The first-order valence-electron chi connectivity index (χ1n) is 5.80. The molecule has 0 spiro atoms. The molecule has 3 nitrogen and oxygen atoms in total. The van der Waals surface area contributed by atoms with Crippen molar-refractivity contribution in [2.75, 3.05) is 7.11 Å². The molecule has 3 rings (SSSR count). The molecule has 4 heteroatoms. The maximum Gasteiger partial charge on any atom is 0.125 e. The molecular formula is C13H15ClN2O. The summed E-state index contributed by atoms with van der Waals surface area (Å²) >= 11 is 6.00. The van der Waals surface area contributed by atoms with Gasteiger partial charge in [-0.2, -0.15) is 0 Å². The van der Waals surface area contributed by atoms with E-state index < -0.39 is 0 Å². The number of ether oxygens (including phenoxy) is 1. The molecule has 1 aliphatic carbocycles. The number of alkyl halides is 1. The molecule has 90 valence electrons. The van der Waals surface area contributed by atoms with Crippen LogP contribution >= 0.6 is 11.6 Å². The summed E-state index contributed by atoms with van der Waals surface area (Å²) in [5.74, 6) is 2.27. The molecule has 1 heterocycles. The Hall–Kier alpha value is -1.22. The predicted octanol–water partition coefficient (Wildman–Crippen LogP) is 3.29. The molecule has 1 aliphatic rings. The maximum absolute atomic E-state index is 6.00. The molecule has 0 atom stereocenters. The molecule has 2 aromatic rings. The van der Waals surface area contributed by atoms with Crippen LogP contribution in [0.2, 0.25) is 0 Å². The van der Waals surface area contributed by atoms with Crippen LogP contribution in [-0.2, 0) is 11.4 Å². The first-order chi connectivity index (χ1) is 8.18. The molecule has 0 unspecified atom stereocenters. The summed E-state index contributed by atoms with van der Waals surface area (Å²) in [6.07, 6.45) is 2.39. The topological polar surface area (TPSA) is 27.1 Å². The molecule has 1 aromatic heterocycles. The number of hydrogen-bond acceptors (Lipinski definition) is 2. The Bertz CT molecular complexity index is 572. The van der Waals surface area contributed by atoms with Gasteiger partial charge in [0.15, 0.2) is 0 Å². The lowest BCUT2D eigenvalue weighted by Gasteiger charge is -2.15. The van der Waals surface area contributed by atoms with E-state index in [0.717, 1.165) is 22.6 Å². The summed E-state index contributed by atoms with van der Waals surface area (Å²) in [5, 5.41) is 0. The van der Waals surface area contributed by atoms with E-state index in [-0.39, 0.29) is 5.54 Å². The first kappa shape index (κ1) is 10.9. The van der Waals surface area contributed by atoms with Crippen LogP contribution in [-0.4, -0.2) is 16.7 Å². The molecule has 17 heavy (non-hydrogen) atoms. The number of halogens is 1. The fraction of sp³-hybridized carbons (Fsp3) is 0.462. The third-order valence-corrected chi connectivity index (χ3v) is 3.80. The fourth-order valence-electron chi connectivity index (χ4n) is 2.33. The number of imidazole rings is 1. The number of methoxy groups -OCH3 is 1. The number of aromatic nitrogens is 2. The van der Waals surface area contributed by atoms with Crippen molar-refractivity contribution in [2.24, 2.45) is 0 Å². The first-order valence-corrected chi connectivity index (χ1v) is 6.33. The third kappa shape index (κ3) is 1.61. The minimum absolute atomic E-state index is 0.200. The van der Waals surface area contributed by atoms with E-state index in [1.165, 1.54) is 12.8 Å². The van der Waals surface area contributed by atoms with Gasteiger partial charge in [-0.15, -0.1) is 11.6 Å². The summed E-state index contributed by atoms with van der Waals surface area (Å²) < 4.78 is 7.55. The number of fused-ring (bicyclic) bond motifs is 1. The molecular weight excluding hydrogens is 236 g/mol. The summed E-state index contributed by atoms with van der Waals surface area (Å²) in [4.78, 5) is 4.59. The van der Waals surface area contributed by atoms with Gasteiger partial charge in [0.1, 0.15) is 11.6 Å². The Morgan fingerprint density at radius 2 is 2.24 bits per heavy atom. The van der Waals surface area contributed by atoms with Crippen LogP contribution in [0.5, 0.6) is 5.75 Å². The second kappa shape index (κ2) is 3.64. The van der Waals surface area contributed by atoms with Crippen LogP contribution in [0.1, 0.15) is 25.6 Å². The average Bonchev–Trinajstić information content (AvgIpc) is 2.96. The molecule has 1 fully saturated rings. The second-order valence-corrected chi connectivity index (χ2v) is 5.12. The molecule has 0 bridgehead atoms. The van der Waals surface area contributed by atoms with Gasteiger partial charge in [-0.05, 0) is 31.9 Å². The van der Waals surface area contributed by atoms with Crippen molar-refractivity contribution in [3.8, 4) is 5.75 Å². The van der Waals surface area contributed by atoms with Crippen LogP contribution in [0.15, 0.2) is 18.2 Å². The van der Waals surface area contributed by atoms with Crippen molar-refractivity contribution in [3.63, 3.8) is 0 Å². The number of nitrogens with zero attached hydrogens (tertiary/aromatic N) is 2. The van der Waals surface area contributed by atoms with Gasteiger partial charge in [0.25, 0.3) is 0 Å². The highest BCUT2D eigenvalue weighted by molar-refractivity contribution is 6.16. The number of rotatable bonds is 3. The van der Waals surface area contributed by atoms with Crippen molar-refractivity contribution < 1.29 is 4.74 Å². The highest BCUT2D eigenvalue weighted by Crippen LogP contribution is 2.46. The smallest absolute Gasteiger partial charge is 0.125 e. The highest BCUT2D eigenvalue weighted by atomic mass is 35.5. The molecule has 0 radical (unpaired) electrons. The largest absolute Gasteiger partial charge is 0.497 e. The van der Waals surface area contributed by atoms with Crippen molar-refractivity contribution in [2.45, 2.75) is 31.2 Å². The van der Waals surface area contributed by atoms with Crippen LogP contribution in [0.3, 0.4) is 0 Å². The van der Waals surface area contributed by atoms with Gasteiger partial charge in [-0.25, -0.2) is 4.98 Å². The zero-order valence-corrected chi connectivity index (χ0v) is 10.8. The van der Waals surface area contributed by atoms with E-state index in [9.17, 15) is 0 Å². The Labute approximate surface area is 105 Å². The average molecular weight is 251 g/mol. The predicted molar refractivity (Wildman–Crippen MR) is 68.7 cm³/mol. The molecule has 1 saturated carbocycles. The summed E-state index contributed by atoms with van der Waals surface area (Å²) in [5.41, 5.74) is 2.32. The van der Waals surface area contributed by atoms with Crippen molar-refractivity contribution in [1.29, 1.82) is 0 Å². The Morgan fingerprint density at radius 1 is 1.47 bits per heavy atom.